The molecule has 5 aliphatic rings. The third-order valence-electron chi connectivity index (χ3n) is 8.06. The minimum absolute atomic E-state index is 0.243. The Labute approximate surface area is 146 Å². The molecule has 0 saturated heterocycles. The van der Waals surface area contributed by atoms with E-state index in [1.54, 1.807) is 0 Å². The van der Waals surface area contributed by atoms with E-state index in [1.807, 2.05) is 7.11 Å². The average Bonchev–Trinajstić information content (AvgIpc) is 2.60. The predicted octanol–water partition coefficient (Wildman–Crippen LogP) is 4.36. The van der Waals surface area contributed by atoms with Crippen LogP contribution < -0.4 is 5.32 Å². The number of rotatable bonds is 4. The van der Waals surface area contributed by atoms with Crippen LogP contribution in [-0.4, -0.2) is 24.8 Å². The highest BCUT2D eigenvalue weighted by atomic mass is 16.5. The van der Waals surface area contributed by atoms with Crippen LogP contribution in [0, 0.1) is 23.7 Å². The second kappa shape index (κ2) is 5.57. The maximum atomic E-state index is 6.01. The normalized spacial score (nSPS) is 49.2. The smallest absolute Gasteiger partial charge is 0.0687 e. The van der Waals surface area contributed by atoms with Crippen molar-refractivity contribution < 1.29 is 4.74 Å². The van der Waals surface area contributed by atoms with E-state index in [1.165, 1.54) is 44.1 Å². The van der Waals surface area contributed by atoms with Crippen LogP contribution in [0.2, 0.25) is 0 Å². The summed E-state index contributed by atoms with van der Waals surface area (Å²) in [5.74, 6) is 4.18. The van der Waals surface area contributed by atoms with Gasteiger partial charge in [0.1, 0.15) is 0 Å². The van der Waals surface area contributed by atoms with Gasteiger partial charge in [0.25, 0.3) is 0 Å². The van der Waals surface area contributed by atoms with E-state index in [-0.39, 0.29) is 5.60 Å². The molecule has 0 aromatic heterocycles. The summed E-state index contributed by atoms with van der Waals surface area (Å²) in [5, 5.41) is 4.13. The van der Waals surface area contributed by atoms with Crippen LogP contribution in [0.3, 0.4) is 0 Å². The van der Waals surface area contributed by atoms with Crippen molar-refractivity contribution in [3.05, 3.63) is 35.9 Å². The van der Waals surface area contributed by atoms with Gasteiger partial charge in [0.15, 0.2) is 0 Å². The standard InChI is InChI=1S/C22H31NO/c1-14-19(16-6-4-3-5-7-16)10-20(14)23-21-17-8-15-9-18(21)13-22(11-15,12-17)24-2/h3-7,14-15,17-21,23H,8-13H2,1-2H3. The highest BCUT2D eigenvalue weighted by Crippen LogP contribution is 2.57. The SMILES string of the molecule is COC12CC3CC(C1)C(NC1CC(c4ccccc4)C1C)C(C3)C2. The third kappa shape index (κ3) is 2.29. The van der Waals surface area contributed by atoms with Crippen molar-refractivity contribution in [1.82, 2.24) is 5.32 Å². The molecular weight excluding hydrogens is 294 g/mol. The molecule has 1 aromatic rings. The van der Waals surface area contributed by atoms with Crippen molar-refractivity contribution in [3.8, 4) is 0 Å². The third-order valence-corrected chi connectivity index (χ3v) is 8.06. The molecule has 1 N–H and O–H groups in total. The first-order chi connectivity index (χ1) is 11.7. The fourth-order valence-electron chi connectivity index (χ4n) is 6.87. The minimum Gasteiger partial charge on any atom is -0.378 e. The Morgan fingerprint density at radius 1 is 1.00 bits per heavy atom. The molecule has 6 rings (SSSR count). The quantitative estimate of drug-likeness (QED) is 0.888. The first-order valence-corrected chi connectivity index (χ1v) is 10.0. The zero-order valence-electron chi connectivity index (χ0n) is 15.1. The topological polar surface area (TPSA) is 21.3 Å². The van der Waals surface area contributed by atoms with Crippen molar-refractivity contribution in [1.29, 1.82) is 0 Å². The highest BCUT2D eigenvalue weighted by molar-refractivity contribution is 5.24. The lowest BCUT2D eigenvalue weighted by Gasteiger charge is -2.61. The van der Waals surface area contributed by atoms with Gasteiger partial charge in [-0.15, -0.1) is 0 Å². The summed E-state index contributed by atoms with van der Waals surface area (Å²) < 4.78 is 6.01. The van der Waals surface area contributed by atoms with E-state index in [2.05, 4.69) is 42.6 Å². The zero-order valence-corrected chi connectivity index (χ0v) is 15.1. The molecular formula is C22H31NO. The molecule has 5 fully saturated rings. The van der Waals surface area contributed by atoms with Gasteiger partial charge in [-0.3, -0.25) is 0 Å². The van der Waals surface area contributed by atoms with Gasteiger partial charge in [-0.05, 0) is 73.7 Å². The number of benzene rings is 1. The number of hydrogen-bond donors (Lipinski definition) is 1. The molecule has 1 aromatic carbocycles. The van der Waals surface area contributed by atoms with Crippen molar-refractivity contribution in [2.75, 3.05) is 7.11 Å². The van der Waals surface area contributed by atoms with Crippen LogP contribution in [0.15, 0.2) is 30.3 Å². The van der Waals surface area contributed by atoms with Crippen molar-refractivity contribution in [2.24, 2.45) is 23.7 Å². The van der Waals surface area contributed by atoms with E-state index in [4.69, 9.17) is 4.74 Å². The van der Waals surface area contributed by atoms with Gasteiger partial charge in [-0.1, -0.05) is 37.3 Å². The lowest BCUT2D eigenvalue weighted by Crippen LogP contribution is -2.64. The molecule has 0 heterocycles. The average molecular weight is 325 g/mol. The molecule has 2 heteroatoms. The summed E-state index contributed by atoms with van der Waals surface area (Å²) in [5.41, 5.74) is 1.78. The molecule has 4 bridgehead atoms. The minimum atomic E-state index is 0.243. The first-order valence-electron chi connectivity index (χ1n) is 10.0. The van der Waals surface area contributed by atoms with Crippen LogP contribution in [0.1, 0.15) is 56.9 Å². The first kappa shape index (κ1) is 15.4. The van der Waals surface area contributed by atoms with Crippen LogP contribution in [-0.2, 0) is 4.74 Å². The Morgan fingerprint density at radius 2 is 1.71 bits per heavy atom. The van der Waals surface area contributed by atoms with E-state index in [0.717, 1.165) is 41.7 Å². The molecule has 0 aliphatic heterocycles. The lowest BCUT2D eigenvalue weighted by molar-refractivity contribution is -0.160. The largest absolute Gasteiger partial charge is 0.378 e. The number of nitrogens with one attached hydrogen (secondary N) is 1. The second-order valence-electron chi connectivity index (χ2n) is 9.27. The molecule has 0 amide bonds. The van der Waals surface area contributed by atoms with Gasteiger partial charge in [0, 0.05) is 19.2 Å². The Balaban J connectivity index is 1.26. The van der Waals surface area contributed by atoms with Gasteiger partial charge in [0.05, 0.1) is 5.60 Å². The molecule has 5 aliphatic carbocycles. The molecule has 0 spiro atoms. The Kier molecular flexibility index (Phi) is 3.58. The van der Waals surface area contributed by atoms with E-state index >= 15 is 0 Å². The fourth-order valence-corrected chi connectivity index (χ4v) is 6.87. The number of methoxy groups -OCH3 is 1. The van der Waals surface area contributed by atoms with Gasteiger partial charge < -0.3 is 10.1 Å². The van der Waals surface area contributed by atoms with Crippen LogP contribution in [0.25, 0.3) is 0 Å². The summed E-state index contributed by atoms with van der Waals surface area (Å²) >= 11 is 0. The van der Waals surface area contributed by atoms with Crippen molar-refractivity contribution in [3.63, 3.8) is 0 Å². The summed E-state index contributed by atoms with van der Waals surface area (Å²) in [4.78, 5) is 0. The van der Waals surface area contributed by atoms with E-state index in [0.29, 0.717) is 0 Å². The lowest BCUT2D eigenvalue weighted by atomic mass is 9.51. The van der Waals surface area contributed by atoms with E-state index < -0.39 is 0 Å². The summed E-state index contributed by atoms with van der Waals surface area (Å²) in [6.45, 7) is 2.45. The van der Waals surface area contributed by atoms with Crippen LogP contribution >= 0.6 is 0 Å². The fraction of sp³-hybridized carbons (Fsp3) is 0.727. The van der Waals surface area contributed by atoms with E-state index in [9.17, 15) is 0 Å². The summed E-state index contributed by atoms with van der Waals surface area (Å²) in [6.07, 6.45) is 8.15. The molecule has 24 heavy (non-hydrogen) atoms. The van der Waals surface area contributed by atoms with Crippen molar-refractivity contribution in [2.45, 2.75) is 69.1 Å². The second-order valence-corrected chi connectivity index (χ2v) is 9.27. The van der Waals surface area contributed by atoms with Crippen LogP contribution in [0.4, 0.5) is 0 Å². The number of ether oxygens (including phenoxy) is 1. The summed E-state index contributed by atoms with van der Waals surface area (Å²) in [6, 6.07) is 12.6. The molecule has 0 radical (unpaired) electrons. The Bertz CT molecular complexity index is 583. The molecule has 5 unspecified atom stereocenters. The van der Waals surface area contributed by atoms with Crippen LogP contribution in [0.5, 0.6) is 0 Å². The van der Waals surface area contributed by atoms with Crippen molar-refractivity contribution >= 4 is 0 Å². The summed E-state index contributed by atoms with van der Waals surface area (Å²) in [7, 11) is 1.95. The van der Waals surface area contributed by atoms with Gasteiger partial charge in [-0.2, -0.15) is 0 Å². The Hall–Kier alpha value is -0.860. The van der Waals surface area contributed by atoms with Gasteiger partial charge >= 0.3 is 0 Å². The molecule has 2 nitrogen and oxygen atoms in total. The monoisotopic (exact) mass is 325 g/mol. The molecule has 130 valence electrons. The maximum absolute atomic E-state index is 6.01. The predicted molar refractivity (Wildman–Crippen MR) is 97.0 cm³/mol. The highest BCUT2D eigenvalue weighted by Gasteiger charge is 2.56. The number of hydrogen-bond acceptors (Lipinski definition) is 2. The molecule has 5 saturated carbocycles. The molecule has 5 atom stereocenters. The van der Waals surface area contributed by atoms with Gasteiger partial charge in [-0.25, -0.2) is 0 Å². The maximum Gasteiger partial charge on any atom is 0.0687 e. The van der Waals surface area contributed by atoms with Gasteiger partial charge in [0.2, 0.25) is 0 Å². The zero-order chi connectivity index (χ0) is 16.3. The Morgan fingerprint density at radius 3 is 2.33 bits per heavy atom.